The van der Waals surface area contributed by atoms with E-state index in [0.717, 1.165) is 13.0 Å². The Balaban J connectivity index is 1.80. The minimum absolute atomic E-state index is 0.173. The van der Waals surface area contributed by atoms with Gasteiger partial charge in [0.15, 0.2) is 0 Å². The molecule has 0 radical (unpaired) electrons. The Morgan fingerprint density at radius 1 is 1.13 bits per heavy atom. The number of nitrogens with one attached hydrogen (secondary N) is 1. The molecule has 1 saturated carbocycles. The zero-order valence-corrected chi connectivity index (χ0v) is 9.67. The van der Waals surface area contributed by atoms with Crippen molar-refractivity contribution < 1.29 is 4.79 Å². The van der Waals surface area contributed by atoms with Crippen LogP contribution in [0.4, 0.5) is 4.79 Å². The summed E-state index contributed by atoms with van der Waals surface area (Å²) in [5, 5.41) is 3.18. The van der Waals surface area contributed by atoms with Crippen molar-refractivity contribution in [2.24, 2.45) is 0 Å². The van der Waals surface area contributed by atoms with Crippen LogP contribution in [0.3, 0.4) is 0 Å². The highest BCUT2D eigenvalue weighted by Gasteiger charge is 2.26. The van der Waals surface area contributed by atoms with Gasteiger partial charge in [0, 0.05) is 18.6 Å². The van der Waals surface area contributed by atoms with E-state index in [1.54, 1.807) is 0 Å². The van der Waals surface area contributed by atoms with E-state index in [2.05, 4.69) is 12.2 Å². The average molecular weight is 210 g/mol. The van der Waals surface area contributed by atoms with Gasteiger partial charge in [-0.1, -0.05) is 19.3 Å². The van der Waals surface area contributed by atoms with E-state index in [1.165, 1.54) is 38.5 Å². The molecule has 0 aromatic rings. The summed E-state index contributed by atoms with van der Waals surface area (Å²) < 4.78 is 0. The predicted molar refractivity (Wildman–Crippen MR) is 60.8 cm³/mol. The van der Waals surface area contributed by atoms with Gasteiger partial charge in [-0.3, -0.25) is 0 Å². The van der Waals surface area contributed by atoms with Crippen LogP contribution in [0.2, 0.25) is 0 Å². The van der Waals surface area contributed by atoms with Crippen molar-refractivity contribution in [3.05, 3.63) is 0 Å². The van der Waals surface area contributed by atoms with Gasteiger partial charge >= 0.3 is 6.03 Å². The molecule has 3 nitrogen and oxygen atoms in total. The van der Waals surface area contributed by atoms with Gasteiger partial charge in [-0.25, -0.2) is 4.79 Å². The van der Waals surface area contributed by atoms with Gasteiger partial charge in [-0.05, 0) is 32.6 Å². The molecular weight excluding hydrogens is 188 g/mol. The SMILES string of the molecule is C[C@H]1CCCN1C(=O)NC1CCCCC1. The Bertz CT molecular complexity index is 224. The lowest BCUT2D eigenvalue weighted by molar-refractivity contribution is 0.188. The molecule has 1 atom stereocenters. The van der Waals surface area contributed by atoms with Crippen LogP contribution in [-0.2, 0) is 0 Å². The molecule has 3 heteroatoms. The largest absolute Gasteiger partial charge is 0.335 e. The molecule has 2 fully saturated rings. The monoisotopic (exact) mass is 210 g/mol. The first-order valence-corrected chi connectivity index (χ1v) is 6.34. The minimum atomic E-state index is 0.173. The number of urea groups is 1. The van der Waals surface area contributed by atoms with E-state index < -0.39 is 0 Å². The van der Waals surface area contributed by atoms with Gasteiger partial charge in [-0.2, -0.15) is 0 Å². The van der Waals surface area contributed by atoms with Crippen LogP contribution >= 0.6 is 0 Å². The lowest BCUT2D eigenvalue weighted by atomic mass is 9.96. The zero-order chi connectivity index (χ0) is 10.7. The minimum Gasteiger partial charge on any atom is -0.335 e. The Kier molecular flexibility index (Phi) is 3.49. The molecule has 2 rings (SSSR count). The molecule has 86 valence electrons. The highest BCUT2D eigenvalue weighted by atomic mass is 16.2. The Labute approximate surface area is 92.2 Å². The molecule has 0 bridgehead atoms. The van der Waals surface area contributed by atoms with E-state index in [-0.39, 0.29) is 6.03 Å². The second-order valence-corrected chi connectivity index (χ2v) is 4.97. The molecular formula is C12H22N2O. The Morgan fingerprint density at radius 2 is 1.87 bits per heavy atom. The molecule has 1 heterocycles. The third-order valence-corrected chi connectivity index (χ3v) is 3.75. The smallest absolute Gasteiger partial charge is 0.317 e. The fourth-order valence-electron chi connectivity index (χ4n) is 2.74. The van der Waals surface area contributed by atoms with Crippen LogP contribution < -0.4 is 5.32 Å². The second-order valence-electron chi connectivity index (χ2n) is 4.97. The first-order valence-electron chi connectivity index (χ1n) is 6.34. The van der Waals surface area contributed by atoms with Crippen molar-refractivity contribution in [3.63, 3.8) is 0 Å². The first kappa shape index (κ1) is 10.8. The lowest BCUT2D eigenvalue weighted by Gasteiger charge is -2.28. The third kappa shape index (κ3) is 2.64. The summed E-state index contributed by atoms with van der Waals surface area (Å²) in [7, 11) is 0. The maximum Gasteiger partial charge on any atom is 0.317 e. The van der Waals surface area contributed by atoms with Gasteiger partial charge < -0.3 is 10.2 Å². The summed E-state index contributed by atoms with van der Waals surface area (Å²) in [6.45, 7) is 3.09. The summed E-state index contributed by atoms with van der Waals surface area (Å²) in [5.74, 6) is 0. The molecule has 1 N–H and O–H groups in total. The number of likely N-dealkylation sites (tertiary alicyclic amines) is 1. The molecule has 2 aliphatic rings. The molecule has 2 amide bonds. The van der Waals surface area contributed by atoms with E-state index in [1.807, 2.05) is 4.90 Å². The highest BCUT2D eigenvalue weighted by molar-refractivity contribution is 5.75. The normalized spacial score (nSPS) is 28.1. The number of carbonyl (C=O) groups excluding carboxylic acids is 1. The van der Waals surface area contributed by atoms with Gasteiger partial charge in [-0.15, -0.1) is 0 Å². The van der Waals surface area contributed by atoms with Crippen molar-refractivity contribution in [2.75, 3.05) is 6.54 Å². The van der Waals surface area contributed by atoms with E-state index in [0.29, 0.717) is 12.1 Å². The number of rotatable bonds is 1. The molecule has 0 aromatic heterocycles. The van der Waals surface area contributed by atoms with Crippen LogP contribution in [0.1, 0.15) is 51.9 Å². The number of hydrogen-bond donors (Lipinski definition) is 1. The van der Waals surface area contributed by atoms with Crippen molar-refractivity contribution in [1.82, 2.24) is 10.2 Å². The van der Waals surface area contributed by atoms with E-state index >= 15 is 0 Å². The predicted octanol–water partition coefficient (Wildman–Crippen LogP) is 2.51. The van der Waals surface area contributed by atoms with Crippen LogP contribution in [0.15, 0.2) is 0 Å². The third-order valence-electron chi connectivity index (χ3n) is 3.75. The van der Waals surface area contributed by atoms with Gasteiger partial charge in [0.1, 0.15) is 0 Å². The quantitative estimate of drug-likeness (QED) is 0.708. The number of carbonyl (C=O) groups is 1. The number of nitrogens with zero attached hydrogens (tertiary/aromatic N) is 1. The number of amides is 2. The standard InChI is InChI=1S/C12H22N2O/c1-10-6-5-9-14(10)12(15)13-11-7-3-2-4-8-11/h10-11H,2-9H2,1H3,(H,13,15)/t10-/m0/s1. The molecule has 1 saturated heterocycles. The fourth-order valence-corrected chi connectivity index (χ4v) is 2.74. The highest BCUT2D eigenvalue weighted by Crippen LogP contribution is 2.20. The van der Waals surface area contributed by atoms with Gasteiger partial charge in [0.25, 0.3) is 0 Å². The Morgan fingerprint density at radius 3 is 2.47 bits per heavy atom. The molecule has 0 unspecified atom stereocenters. The lowest BCUT2D eigenvalue weighted by Crippen LogP contribution is -2.46. The molecule has 1 aliphatic heterocycles. The van der Waals surface area contributed by atoms with Crippen LogP contribution in [0.25, 0.3) is 0 Å². The molecule has 15 heavy (non-hydrogen) atoms. The first-order chi connectivity index (χ1) is 7.27. The summed E-state index contributed by atoms with van der Waals surface area (Å²) in [4.78, 5) is 13.9. The maximum atomic E-state index is 11.9. The summed E-state index contributed by atoms with van der Waals surface area (Å²) in [6.07, 6.45) is 8.58. The van der Waals surface area contributed by atoms with Gasteiger partial charge in [0.2, 0.25) is 0 Å². The molecule has 0 aromatic carbocycles. The fraction of sp³-hybridized carbons (Fsp3) is 0.917. The summed E-state index contributed by atoms with van der Waals surface area (Å²) in [6, 6.07) is 1.06. The zero-order valence-electron chi connectivity index (χ0n) is 9.67. The van der Waals surface area contributed by atoms with E-state index in [4.69, 9.17) is 0 Å². The topological polar surface area (TPSA) is 32.3 Å². The van der Waals surface area contributed by atoms with Crippen LogP contribution in [0.5, 0.6) is 0 Å². The van der Waals surface area contributed by atoms with Crippen LogP contribution in [-0.4, -0.2) is 29.6 Å². The van der Waals surface area contributed by atoms with Crippen molar-refractivity contribution >= 4 is 6.03 Å². The van der Waals surface area contributed by atoms with Gasteiger partial charge in [0.05, 0.1) is 0 Å². The van der Waals surface area contributed by atoms with Crippen LogP contribution in [0, 0.1) is 0 Å². The summed E-state index contributed by atoms with van der Waals surface area (Å²) in [5.41, 5.74) is 0. The maximum absolute atomic E-state index is 11.9. The average Bonchev–Trinajstić information content (AvgIpc) is 2.66. The Hall–Kier alpha value is -0.730. The summed E-state index contributed by atoms with van der Waals surface area (Å²) >= 11 is 0. The number of hydrogen-bond acceptors (Lipinski definition) is 1. The molecule has 1 aliphatic carbocycles. The molecule has 0 spiro atoms. The van der Waals surface area contributed by atoms with Crippen molar-refractivity contribution in [2.45, 2.75) is 64.0 Å². The van der Waals surface area contributed by atoms with Crippen molar-refractivity contribution in [3.8, 4) is 0 Å². The van der Waals surface area contributed by atoms with Crippen molar-refractivity contribution in [1.29, 1.82) is 0 Å². The van der Waals surface area contributed by atoms with E-state index in [9.17, 15) is 4.79 Å². The second kappa shape index (κ2) is 4.86.